The summed E-state index contributed by atoms with van der Waals surface area (Å²) in [5, 5.41) is 2.66. The number of ether oxygens (including phenoxy) is 3. The molecule has 0 spiro atoms. The molecule has 11 heteroatoms. The van der Waals surface area contributed by atoms with Crippen LogP contribution in [-0.4, -0.2) is 73.6 Å². The second-order valence-electron chi connectivity index (χ2n) is 7.19. The van der Waals surface area contributed by atoms with Gasteiger partial charge in [0, 0.05) is 24.3 Å². The van der Waals surface area contributed by atoms with E-state index in [4.69, 9.17) is 19.9 Å². The molecule has 0 saturated carbocycles. The Bertz CT molecular complexity index is 862. The molecule has 33 heavy (non-hydrogen) atoms. The molecule has 0 radical (unpaired) electrons. The molecule has 0 atom stereocenters. The zero-order valence-electron chi connectivity index (χ0n) is 18.9. The van der Waals surface area contributed by atoms with Crippen LogP contribution in [0.5, 0.6) is 0 Å². The number of hydrogen-bond acceptors (Lipinski definition) is 7. The smallest absolute Gasteiger partial charge is 0.435 e. The number of carbonyl (C=O) groups excluding carboxylic acids is 4. The predicted octanol–water partition coefficient (Wildman–Crippen LogP) is 1.45. The van der Waals surface area contributed by atoms with Gasteiger partial charge in [0.25, 0.3) is 0 Å². The third kappa shape index (κ3) is 8.89. The van der Waals surface area contributed by atoms with Crippen LogP contribution in [0.15, 0.2) is 29.3 Å². The maximum absolute atomic E-state index is 12.4. The topological polar surface area (TPSA) is 150 Å². The molecule has 0 aliphatic carbocycles. The third-order valence-corrected chi connectivity index (χ3v) is 4.79. The predicted molar refractivity (Wildman–Crippen MR) is 120 cm³/mol. The van der Waals surface area contributed by atoms with Crippen LogP contribution in [0.1, 0.15) is 38.7 Å². The molecule has 1 saturated heterocycles. The number of amidine groups is 1. The van der Waals surface area contributed by atoms with Gasteiger partial charge in [0.2, 0.25) is 11.8 Å². The molecule has 0 aromatic heterocycles. The highest BCUT2D eigenvalue weighted by Crippen LogP contribution is 2.15. The van der Waals surface area contributed by atoms with Gasteiger partial charge in [0.15, 0.2) is 0 Å². The van der Waals surface area contributed by atoms with Crippen molar-refractivity contribution < 1.29 is 33.4 Å². The minimum absolute atomic E-state index is 0.00357. The van der Waals surface area contributed by atoms with Crippen LogP contribution >= 0.6 is 0 Å². The van der Waals surface area contributed by atoms with Crippen LogP contribution < -0.4 is 11.1 Å². The van der Waals surface area contributed by atoms with Crippen molar-refractivity contribution in [1.82, 2.24) is 4.90 Å². The standard InChI is InChI=1S/C22H30N4O7/c1-3-31-20(29)14-33-17-9-11-26(12-10-17)19(28)13-18(27)24-16-7-5-15(6-8-16)21(23)25-22(30)32-4-2/h5-8,17H,3-4,9-14H2,1-2H3,(H,24,27)(H2,23,25,30). The Balaban J connectivity index is 1.76. The lowest BCUT2D eigenvalue weighted by atomic mass is 10.1. The highest BCUT2D eigenvalue weighted by Gasteiger charge is 2.25. The normalized spacial score (nSPS) is 14.5. The van der Waals surface area contributed by atoms with Gasteiger partial charge in [0.1, 0.15) is 18.9 Å². The number of nitrogens with zero attached hydrogens (tertiary/aromatic N) is 2. The van der Waals surface area contributed by atoms with Crippen LogP contribution in [-0.2, 0) is 28.6 Å². The fourth-order valence-electron chi connectivity index (χ4n) is 3.16. The Morgan fingerprint density at radius 3 is 2.30 bits per heavy atom. The molecule has 180 valence electrons. The number of piperidine rings is 1. The molecule has 2 rings (SSSR count). The van der Waals surface area contributed by atoms with Crippen LogP contribution in [0.2, 0.25) is 0 Å². The molecule has 1 fully saturated rings. The molecule has 1 heterocycles. The number of hydrogen-bond donors (Lipinski definition) is 2. The fourth-order valence-corrected chi connectivity index (χ4v) is 3.16. The van der Waals surface area contributed by atoms with Gasteiger partial charge in [-0.05, 0) is 51.0 Å². The Kier molecular flexibility index (Phi) is 10.3. The molecule has 3 N–H and O–H groups in total. The van der Waals surface area contributed by atoms with Gasteiger partial charge in [-0.1, -0.05) is 0 Å². The summed E-state index contributed by atoms with van der Waals surface area (Å²) in [4.78, 5) is 52.6. The van der Waals surface area contributed by atoms with E-state index < -0.39 is 18.0 Å². The zero-order chi connectivity index (χ0) is 24.2. The molecule has 1 aromatic carbocycles. The van der Waals surface area contributed by atoms with Gasteiger partial charge in [-0.2, -0.15) is 4.99 Å². The van der Waals surface area contributed by atoms with Crippen molar-refractivity contribution in [2.75, 3.05) is 38.2 Å². The lowest BCUT2D eigenvalue weighted by Gasteiger charge is -2.31. The van der Waals surface area contributed by atoms with Gasteiger partial charge in [-0.25, -0.2) is 9.59 Å². The zero-order valence-corrected chi connectivity index (χ0v) is 18.9. The molecule has 11 nitrogen and oxygen atoms in total. The lowest BCUT2D eigenvalue weighted by molar-refractivity contribution is -0.152. The minimum Gasteiger partial charge on any atom is -0.464 e. The van der Waals surface area contributed by atoms with Crippen LogP contribution in [0, 0.1) is 0 Å². The van der Waals surface area contributed by atoms with Crippen molar-refractivity contribution >= 4 is 35.4 Å². The largest absolute Gasteiger partial charge is 0.464 e. The molecular formula is C22H30N4O7. The maximum atomic E-state index is 12.4. The Morgan fingerprint density at radius 2 is 1.70 bits per heavy atom. The van der Waals surface area contributed by atoms with Gasteiger partial charge >= 0.3 is 12.1 Å². The third-order valence-electron chi connectivity index (χ3n) is 4.79. The average Bonchev–Trinajstić information content (AvgIpc) is 2.78. The number of anilines is 1. The van der Waals surface area contributed by atoms with Crippen LogP contribution in [0.3, 0.4) is 0 Å². The number of aliphatic imine (C=N–C) groups is 1. The monoisotopic (exact) mass is 462 g/mol. The van der Waals surface area contributed by atoms with E-state index in [9.17, 15) is 19.2 Å². The fraction of sp³-hybridized carbons (Fsp3) is 0.500. The number of rotatable bonds is 9. The minimum atomic E-state index is -0.777. The first-order valence-corrected chi connectivity index (χ1v) is 10.8. The maximum Gasteiger partial charge on any atom is 0.435 e. The summed E-state index contributed by atoms with van der Waals surface area (Å²) in [7, 11) is 0. The molecule has 1 aromatic rings. The molecule has 0 unspecified atom stereocenters. The van der Waals surface area contributed by atoms with E-state index in [2.05, 4.69) is 10.3 Å². The van der Waals surface area contributed by atoms with Crippen LogP contribution in [0.4, 0.5) is 10.5 Å². The van der Waals surface area contributed by atoms with Gasteiger partial charge in [-0.3, -0.25) is 9.59 Å². The number of amides is 3. The van der Waals surface area contributed by atoms with Crippen molar-refractivity contribution in [2.24, 2.45) is 10.7 Å². The first-order valence-electron chi connectivity index (χ1n) is 10.8. The van der Waals surface area contributed by atoms with Crippen LogP contribution in [0.25, 0.3) is 0 Å². The Morgan fingerprint density at radius 1 is 1.06 bits per heavy atom. The summed E-state index contributed by atoms with van der Waals surface area (Å²) in [6.07, 6.45) is -0.0137. The summed E-state index contributed by atoms with van der Waals surface area (Å²) < 4.78 is 15.0. The summed E-state index contributed by atoms with van der Waals surface area (Å²) in [5.74, 6) is -1.13. The number of nitrogens with one attached hydrogen (secondary N) is 1. The van der Waals surface area contributed by atoms with Gasteiger partial charge in [-0.15, -0.1) is 0 Å². The number of nitrogens with two attached hydrogens (primary N) is 1. The van der Waals surface area contributed by atoms with Gasteiger partial charge in [0.05, 0.1) is 19.3 Å². The second-order valence-corrected chi connectivity index (χ2v) is 7.19. The van der Waals surface area contributed by atoms with Crippen molar-refractivity contribution in [3.05, 3.63) is 29.8 Å². The summed E-state index contributed by atoms with van der Waals surface area (Å²) in [5.41, 5.74) is 6.73. The van der Waals surface area contributed by atoms with E-state index in [1.807, 2.05) is 0 Å². The van der Waals surface area contributed by atoms with Gasteiger partial charge < -0.3 is 30.2 Å². The van der Waals surface area contributed by atoms with E-state index in [0.717, 1.165) is 0 Å². The number of benzene rings is 1. The quantitative estimate of drug-likeness (QED) is 0.242. The Labute approximate surface area is 192 Å². The molecule has 3 amide bonds. The van der Waals surface area contributed by atoms with Crippen molar-refractivity contribution in [3.8, 4) is 0 Å². The van der Waals surface area contributed by atoms with E-state index in [1.54, 1.807) is 43.0 Å². The SMILES string of the molecule is CCOC(=O)COC1CCN(C(=O)CC(=O)Nc2ccc(C(N)=NC(=O)OCC)cc2)CC1. The molecule has 0 bridgehead atoms. The second kappa shape index (κ2) is 13.2. The van der Waals surface area contributed by atoms with E-state index in [0.29, 0.717) is 43.8 Å². The van der Waals surface area contributed by atoms with Crippen molar-refractivity contribution in [2.45, 2.75) is 39.2 Å². The highest BCUT2D eigenvalue weighted by atomic mass is 16.6. The number of esters is 1. The lowest BCUT2D eigenvalue weighted by Crippen LogP contribution is -2.42. The molecular weight excluding hydrogens is 432 g/mol. The summed E-state index contributed by atoms with van der Waals surface area (Å²) in [6.45, 7) is 4.69. The van der Waals surface area contributed by atoms with Crippen molar-refractivity contribution in [1.29, 1.82) is 0 Å². The molecule has 1 aliphatic rings. The molecule has 1 aliphatic heterocycles. The number of likely N-dealkylation sites (tertiary alicyclic amines) is 1. The summed E-state index contributed by atoms with van der Waals surface area (Å²) in [6, 6.07) is 6.38. The number of carbonyl (C=O) groups is 4. The average molecular weight is 463 g/mol. The van der Waals surface area contributed by atoms with E-state index in [-0.39, 0.29) is 37.5 Å². The van der Waals surface area contributed by atoms with Crippen molar-refractivity contribution in [3.63, 3.8) is 0 Å². The first-order chi connectivity index (χ1) is 15.8. The summed E-state index contributed by atoms with van der Waals surface area (Å²) >= 11 is 0. The highest BCUT2D eigenvalue weighted by molar-refractivity contribution is 6.05. The van der Waals surface area contributed by atoms with E-state index >= 15 is 0 Å². The van der Waals surface area contributed by atoms with E-state index in [1.165, 1.54) is 0 Å². The first kappa shape index (κ1) is 25.8. The Hall–Kier alpha value is -3.47.